The predicted octanol–water partition coefficient (Wildman–Crippen LogP) is 1.80. The quantitative estimate of drug-likeness (QED) is 0.668. The smallest absolute Gasteiger partial charge is 0.0426 e. The van der Waals surface area contributed by atoms with E-state index in [0.29, 0.717) is 17.3 Å². The molecule has 4 N–H and O–H groups in total. The van der Waals surface area contributed by atoms with Gasteiger partial charge in [-0.05, 0) is 17.7 Å². The van der Waals surface area contributed by atoms with Crippen LogP contribution < -0.4 is 11.5 Å². The van der Waals surface area contributed by atoms with Gasteiger partial charge in [-0.1, -0.05) is 17.7 Å². The van der Waals surface area contributed by atoms with Gasteiger partial charge in [-0.2, -0.15) is 0 Å². The summed E-state index contributed by atoms with van der Waals surface area (Å²) < 4.78 is 0. The van der Waals surface area contributed by atoms with Crippen molar-refractivity contribution < 1.29 is 0 Å². The molecule has 0 amide bonds. The zero-order valence-corrected chi connectivity index (χ0v) is 7.45. The van der Waals surface area contributed by atoms with Crippen molar-refractivity contribution in [2.75, 3.05) is 5.73 Å². The Bertz CT molecular complexity index is 238. The molecule has 0 aliphatic rings. The summed E-state index contributed by atoms with van der Waals surface area (Å²) in [5.74, 6) is 0. The van der Waals surface area contributed by atoms with Gasteiger partial charge in [0.15, 0.2) is 0 Å². The van der Waals surface area contributed by atoms with Gasteiger partial charge < -0.3 is 11.5 Å². The molecule has 0 unspecified atom stereocenters. The summed E-state index contributed by atoms with van der Waals surface area (Å²) in [5.41, 5.74) is 12.5. The number of hydrogen-bond donors (Lipinski definition) is 2. The Morgan fingerprint density at radius 2 is 2.00 bits per heavy atom. The van der Waals surface area contributed by atoms with E-state index in [1.165, 1.54) is 0 Å². The molecule has 2 nitrogen and oxygen atoms in total. The van der Waals surface area contributed by atoms with Gasteiger partial charge in [-0.3, -0.25) is 0 Å². The lowest BCUT2D eigenvalue weighted by atomic mass is 10.2. The van der Waals surface area contributed by atoms with Crippen LogP contribution in [0.3, 0.4) is 0 Å². The van der Waals surface area contributed by atoms with Crippen LogP contribution in [0.2, 0.25) is 5.02 Å². The van der Waals surface area contributed by atoms with Crippen molar-refractivity contribution in [2.45, 2.75) is 6.54 Å². The first-order valence-corrected chi connectivity index (χ1v) is 3.36. The molecule has 0 aliphatic heterocycles. The van der Waals surface area contributed by atoms with Crippen molar-refractivity contribution in [3.63, 3.8) is 0 Å². The average Bonchev–Trinajstić information content (AvgIpc) is 1.88. The highest BCUT2D eigenvalue weighted by atomic mass is 35.5. The maximum atomic E-state index is 5.65. The van der Waals surface area contributed by atoms with Gasteiger partial charge >= 0.3 is 0 Å². The fourth-order valence-corrected chi connectivity index (χ4v) is 0.932. The second-order valence-electron chi connectivity index (χ2n) is 2.05. The minimum Gasteiger partial charge on any atom is -0.398 e. The van der Waals surface area contributed by atoms with E-state index in [9.17, 15) is 0 Å². The van der Waals surface area contributed by atoms with Crippen LogP contribution in [0.25, 0.3) is 0 Å². The SMILES string of the molecule is Cl.NCc1ccc(Cl)cc1N. The van der Waals surface area contributed by atoms with Crippen LogP contribution >= 0.6 is 24.0 Å². The molecular formula is C7H10Cl2N2. The number of halogens is 2. The van der Waals surface area contributed by atoms with Crippen LogP contribution in [-0.2, 0) is 6.54 Å². The highest BCUT2D eigenvalue weighted by Crippen LogP contribution is 2.16. The first kappa shape index (κ1) is 10.6. The Kier molecular flexibility index (Phi) is 4.26. The monoisotopic (exact) mass is 192 g/mol. The van der Waals surface area contributed by atoms with Crippen molar-refractivity contribution >= 4 is 29.7 Å². The van der Waals surface area contributed by atoms with Gasteiger partial charge in [-0.25, -0.2) is 0 Å². The highest BCUT2D eigenvalue weighted by Gasteiger charge is 1.95. The molecule has 1 rings (SSSR count). The van der Waals surface area contributed by atoms with Crippen molar-refractivity contribution in [1.29, 1.82) is 0 Å². The second-order valence-corrected chi connectivity index (χ2v) is 2.48. The fourth-order valence-electron chi connectivity index (χ4n) is 0.752. The van der Waals surface area contributed by atoms with Crippen LogP contribution in [0.1, 0.15) is 5.56 Å². The standard InChI is InChI=1S/C7H9ClN2.ClH/c8-6-2-1-5(4-9)7(10)3-6;/h1-3H,4,9-10H2;1H. The maximum absolute atomic E-state index is 5.65. The summed E-state index contributed by atoms with van der Waals surface area (Å²) in [6, 6.07) is 5.31. The van der Waals surface area contributed by atoms with Crippen LogP contribution in [0.5, 0.6) is 0 Å². The molecule has 1 aromatic carbocycles. The molecule has 0 spiro atoms. The average molecular weight is 193 g/mol. The summed E-state index contributed by atoms with van der Waals surface area (Å²) in [6.07, 6.45) is 0. The van der Waals surface area contributed by atoms with Crippen LogP contribution in [0.15, 0.2) is 18.2 Å². The molecule has 0 aromatic heterocycles. The van der Waals surface area contributed by atoms with E-state index in [2.05, 4.69) is 0 Å². The Hall–Kier alpha value is -0.440. The molecule has 62 valence electrons. The summed E-state index contributed by atoms with van der Waals surface area (Å²) in [6.45, 7) is 0.461. The van der Waals surface area contributed by atoms with E-state index in [1.54, 1.807) is 12.1 Å². The van der Waals surface area contributed by atoms with Crippen LogP contribution in [-0.4, -0.2) is 0 Å². The van der Waals surface area contributed by atoms with E-state index in [1.807, 2.05) is 6.07 Å². The Balaban J connectivity index is 0.000001000. The molecule has 11 heavy (non-hydrogen) atoms. The minimum absolute atomic E-state index is 0. The third-order valence-electron chi connectivity index (χ3n) is 1.33. The summed E-state index contributed by atoms with van der Waals surface area (Å²) in [5, 5.41) is 0.648. The molecule has 0 atom stereocenters. The van der Waals surface area contributed by atoms with E-state index in [0.717, 1.165) is 5.56 Å². The van der Waals surface area contributed by atoms with E-state index < -0.39 is 0 Å². The number of rotatable bonds is 1. The van der Waals surface area contributed by atoms with Crippen LogP contribution in [0, 0.1) is 0 Å². The van der Waals surface area contributed by atoms with Gasteiger partial charge in [0.25, 0.3) is 0 Å². The Morgan fingerprint density at radius 3 is 2.45 bits per heavy atom. The predicted molar refractivity (Wildman–Crippen MR) is 51.0 cm³/mol. The van der Waals surface area contributed by atoms with E-state index in [-0.39, 0.29) is 12.4 Å². The summed E-state index contributed by atoms with van der Waals surface area (Å²) in [4.78, 5) is 0. The maximum Gasteiger partial charge on any atom is 0.0426 e. The normalized spacial score (nSPS) is 8.91. The van der Waals surface area contributed by atoms with E-state index >= 15 is 0 Å². The lowest BCUT2D eigenvalue weighted by molar-refractivity contribution is 1.08. The fraction of sp³-hybridized carbons (Fsp3) is 0.143. The zero-order valence-electron chi connectivity index (χ0n) is 5.88. The largest absolute Gasteiger partial charge is 0.398 e. The van der Waals surface area contributed by atoms with Gasteiger partial charge in [0.05, 0.1) is 0 Å². The number of nitrogens with two attached hydrogens (primary N) is 2. The Labute approximate surface area is 76.9 Å². The van der Waals surface area contributed by atoms with E-state index in [4.69, 9.17) is 23.1 Å². The first-order valence-electron chi connectivity index (χ1n) is 2.98. The van der Waals surface area contributed by atoms with Crippen molar-refractivity contribution in [2.24, 2.45) is 5.73 Å². The first-order chi connectivity index (χ1) is 4.74. The highest BCUT2D eigenvalue weighted by molar-refractivity contribution is 6.30. The molecule has 0 saturated heterocycles. The molecule has 0 aliphatic carbocycles. The Morgan fingerprint density at radius 1 is 1.36 bits per heavy atom. The molecule has 1 aromatic rings. The molecule has 0 radical (unpaired) electrons. The topological polar surface area (TPSA) is 52.0 Å². The zero-order chi connectivity index (χ0) is 7.56. The van der Waals surface area contributed by atoms with Gasteiger partial charge in [0.2, 0.25) is 0 Å². The molecular weight excluding hydrogens is 183 g/mol. The van der Waals surface area contributed by atoms with Gasteiger partial charge in [-0.15, -0.1) is 12.4 Å². The van der Waals surface area contributed by atoms with Crippen molar-refractivity contribution in [3.8, 4) is 0 Å². The number of benzene rings is 1. The van der Waals surface area contributed by atoms with Crippen molar-refractivity contribution in [1.82, 2.24) is 0 Å². The molecule has 0 heterocycles. The number of hydrogen-bond acceptors (Lipinski definition) is 2. The van der Waals surface area contributed by atoms with Gasteiger partial charge in [0.1, 0.15) is 0 Å². The van der Waals surface area contributed by atoms with Crippen LogP contribution in [0.4, 0.5) is 5.69 Å². The third kappa shape index (κ3) is 2.58. The lowest BCUT2D eigenvalue weighted by Crippen LogP contribution is -2.00. The number of anilines is 1. The van der Waals surface area contributed by atoms with Crippen molar-refractivity contribution in [3.05, 3.63) is 28.8 Å². The second kappa shape index (κ2) is 4.44. The third-order valence-corrected chi connectivity index (χ3v) is 1.56. The van der Waals surface area contributed by atoms with Gasteiger partial charge in [0, 0.05) is 17.3 Å². The minimum atomic E-state index is 0. The summed E-state index contributed by atoms with van der Waals surface area (Å²) in [7, 11) is 0. The molecule has 0 fully saturated rings. The molecule has 0 saturated carbocycles. The molecule has 4 heteroatoms. The summed E-state index contributed by atoms with van der Waals surface area (Å²) >= 11 is 5.65. The number of nitrogen functional groups attached to an aromatic ring is 1. The lowest BCUT2D eigenvalue weighted by Gasteiger charge is -2.00. The molecule has 0 bridgehead atoms.